The molecule has 5 N–H and O–H groups in total. The van der Waals surface area contributed by atoms with Crippen LogP contribution in [0.25, 0.3) is 0 Å². The number of nitrogens with two attached hydrogens (primary N) is 1. The van der Waals surface area contributed by atoms with Crippen molar-refractivity contribution < 1.29 is 4.79 Å². The molecule has 0 unspecified atom stereocenters. The minimum atomic E-state index is -0.237. The molecule has 0 saturated heterocycles. The van der Waals surface area contributed by atoms with Crippen molar-refractivity contribution >= 4 is 11.8 Å². The second-order valence-electron chi connectivity index (χ2n) is 5.08. The van der Waals surface area contributed by atoms with Gasteiger partial charge in [-0.25, -0.2) is 4.79 Å². The molecule has 1 atom stereocenters. The van der Waals surface area contributed by atoms with E-state index in [1.165, 1.54) is 0 Å². The number of H-pyrrole nitrogens is 1. The molecule has 0 saturated carbocycles. The summed E-state index contributed by atoms with van der Waals surface area (Å²) in [6.45, 7) is 2.39. The molecule has 2 rings (SSSR count). The van der Waals surface area contributed by atoms with Crippen LogP contribution in [0.2, 0.25) is 0 Å². The van der Waals surface area contributed by atoms with Gasteiger partial charge in [-0.3, -0.25) is 10.1 Å². The van der Waals surface area contributed by atoms with E-state index in [4.69, 9.17) is 11.0 Å². The number of aromatic amines is 1. The lowest BCUT2D eigenvalue weighted by Crippen LogP contribution is -2.37. The minimum Gasteiger partial charge on any atom is -0.381 e. The Hall–Kier alpha value is -3.08. The zero-order chi connectivity index (χ0) is 16.7. The molecular formula is C15H19N7O. The van der Waals surface area contributed by atoms with Crippen LogP contribution in [0, 0.1) is 11.3 Å². The second-order valence-corrected chi connectivity index (χ2v) is 5.08. The summed E-state index contributed by atoms with van der Waals surface area (Å²) in [4.78, 5) is 15.8. The summed E-state index contributed by atoms with van der Waals surface area (Å²) in [5, 5.41) is 21.1. The summed E-state index contributed by atoms with van der Waals surface area (Å²) in [6.07, 6.45) is 4.64. The van der Waals surface area contributed by atoms with Crippen LogP contribution in [-0.2, 0) is 6.42 Å². The molecule has 0 radical (unpaired) electrons. The Kier molecular flexibility index (Phi) is 5.52. The van der Waals surface area contributed by atoms with Crippen LogP contribution in [0.1, 0.15) is 36.2 Å². The smallest absolute Gasteiger partial charge is 0.315 e. The molecule has 8 nitrogen and oxygen atoms in total. The number of pyridine rings is 1. The lowest BCUT2D eigenvalue weighted by Gasteiger charge is -2.14. The van der Waals surface area contributed by atoms with Crippen LogP contribution in [0.4, 0.5) is 10.6 Å². The highest BCUT2D eigenvalue weighted by Gasteiger charge is 2.11. The van der Waals surface area contributed by atoms with Crippen LogP contribution in [0.15, 0.2) is 24.5 Å². The molecule has 0 spiro atoms. The van der Waals surface area contributed by atoms with E-state index in [-0.39, 0.29) is 17.9 Å². The van der Waals surface area contributed by atoms with E-state index in [0.29, 0.717) is 30.6 Å². The molecule has 0 aliphatic carbocycles. The van der Waals surface area contributed by atoms with E-state index < -0.39 is 0 Å². The molecule has 0 aromatic carbocycles. The number of hydrogen-bond donors (Lipinski definition) is 4. The number of nitrogen functional groups attached to an aromatic ring is 1. The highest BCUT2D eigenvalue weighted by Crippen LogP contribution is 2.13. The van der Waals surface area contributed by atoms with Crippen molar-refractivity contribution in [2.24, 2.45) is 0 Å². The number of nitrogens with one attached hydrogen (secondary N) is 3. The van der Waals surface area contributed by atoms with Crippen molar-refractivity contribution in [1.29, 1.82) is 5.26 Å². The minimum absolute atomic E-state index is 0.101. The molecule has 0 fully saturated rings. The zero-order valence-electron chi connectivity index (χ0n) is 12.8. The van der Waals surface area contributed by atoms with Gasteiger partial charge in [-0.05, 0) is 37.5 Å². The first kappa shape index (κ1) is 16.3. The predicted octanol–water partition coefficient (Wildman–Crippen LogP) is 1.25. The highest BCUT2D eigenvalue weighted by molar-refractivity contribution is 5.74. The SMILES string of the molecule is C[C@@H](NC(=O)NCCCc1[nH]nc(N)c1C#N)c1ccncc1. The number of aromatic nitrogens is 3. The first-order valence-corrected chi connectivity index (χ1v) is 7.29. The van der Waals surface area contributed by atoms with Crippen molar-refractivity contribution in [3.63, 3.8) is 0 Å². The number of rotatable bonds is 6. The average Bonchev–Trinajstić information content (AvgIpc) is 2.92. The second kappa shape index (κ2) is 7.79. The highest BCUT2D eigenvalue weighted by atomic mass is 16.2. The third-order valence-corrected chi connectivity index (χ3v) is 3.42. The molecule has 0 aliphatic heterocycles. The molecule has 2 aromatic rings. The van der Waals surface area contributed by atoms with Crippen LogP contribution in [0.3, 0.4) is 0 Å². The fourth-order valence-electron chi connectivity index (χ4n) is 2.15. The lowest BCUT2D eigenvalue weighted by molar-refractivity contribution is 0.238. The van der Waals surface area contributed by atoms with Crippen molar-refractivity contribution in [2.45, 2.75) is 25.8 Å². The number of carbonyl (C=O) groups is 1. The number of urea groups is 1. The normalized spacial score (nSPS) is 11.5. The number of aryl methyl sites for hydroxylation is 1. The topological polar surface area (TPSA) is 133 Å². The number of anilines is 1. The number of carbonyl (C=O) groups excluding carboxylic acids is 1. The Balaban J connectivity index is 1.72. The molecule has 2 aromatic heterocycles. The van der Waals surface area contributed by atoms with Gasteiger partial charge in [0.25, 0.3) is 0 Å². The van der Waals surface area contributed by atoms with E-state index in [1.807, 2.05) is 25.1 Å². The van der Waals surface area contributed by atoms with Crippen LogP contribution in [0.5, 0.6) is 0 Å². The number of nitrogens with zero attached hydrogens (tertiary/aromatic N) is 3. The standard InChI is InChI=1S/C15H19N7O/c1-10(11-4-7-18-8-5-11)20-15(23)19-6-2-3-13-12(9-16)14(17)22-21-13/h4-5,7-8,10H,2-3,6H2,1H3,(H3,17,21,22)(H2,19,20,23)/t10-/m1/s1. The lowest BCUT2D eigenvalue weighted by atomic mass is 10.1. The summed E-state index contributed by atoms with van der Waals surface area (Å²) in [6, 6.07) is 5.39. The van der Waals surface area contributed by atoms with Crippen LogP contribution < -0.4 is 16.4 Å². The number of amides is 2. The average molecular weight is 313 g/mol. The van der Waals surface area contributed by atoms with Gasteiger partial charge in [-0.2, -0.15) is 10.4 Å². The van der Waals surface area contributed by atoms with Gasteiger partial charge in [0.15, 0.2) is 5.82 Å². The van der Waals surface area contributed by atoms with E-state index in [9.17, 15) is 4.79 Å². The van der Waals surface area contributed by atoms with Gasteiger partial charge < -0.3 is 16.4 Å². The van der Waals surface area contributed by atoms with Gasteiger partial charge >= 0.3 is 6.03 Å². The molecular weight excluding hydrogens is 294 g/mol. The molecule has 8 heteroatoms. The predicted molar refractivity (Wildman–Crippen MR) is 85.2 cm³/mol. The maximum Gasteiger partial charge on any atom is 0.315 e. The quantitative estimate of drug-likeness (QED) is 0.596. The van der Waals surface area contributed by atoms with Gasteiger partial charge in [-0.1, -0.05) is 0 Å². The van der Waals surface area contributed by atoms with E-state index in [2.05, 4.69) is 25.8 Å². The van der Waals surface area contributed by atoms with Gasteiger partial charge in [0, 0.05) is 18.9 Å². The summed E-state index contributed by atoms with van der Waals surface area (Å²) in [7, 11) is 0. The first-order valence-electron chi connectivity index (χ1n) is 7.29. The fraction of sp³-hybridized carbons (Fsp3) is 0.333. The van der Waals surface area contributed by atoms with E-state index >= 15 is 0 Å². The Morgan fingerprint density at radius 2 is 2.22 bits per heavy atom. The van der Waals surface area contributed by atoms with Gasteiger partial charge in [0.05, 0.1) is 11.7 Å². The van der Waals surface area contributed by atoms with Crippen LogP contribution >= 0.6 is 0 Å². The van der Waals surface area contributed by atoms with Crippen molar-refractivity contribution in [2.75, 3.05) is 12.3 Å². The number of nitriles is 1. The summed E-state index contributed by atoms with van der Waals surface area (Å²) in [5.41, 5.74) is 7.62. The number of hydrogen-bond acceptors (Lipinski definition) is 5. The summed E-state index contributed by atoms with van der Waals surface area (Å²) >= 11 is 0. The molecule has 0 bridgehead atoms. The molecule has 2 amide bonds. The molecule has 23 heavy (non-hydrogen) atoms. The summed E-state index contributed by atoms with van der Waals surface area (Å²) in [5.74, 6) is 0.208. The first-order chi connectivity index (χ1) is 11.1. The Labute approximate surface area is 134 Å². The monoisotopic (exact) mass is 313 g/mol. The molecule has 2 heterocycles. The molecule has 120 valence electrons. The van der Waals surface area contributed by atoms with E-state index in [1.54, 1.807) is 12.4 Å². The third kappa shape index (κ3) is 4.44. The van der Waals surface area contributed by atoms with Crippen molar-refractivity contribution in [3.8, 4) is 6.07 Å². The Bertz CT molecular complexity index is 690. The Morgan fingerprint density at radius 1 is 1.48 bits per heavy atom. The van der Waals surface area contributed by atoms with Gasteiger partial charge in [-0.15, -0.1) is 0 Å². The van der Waals surface area contributed by atoms with Crippen molar-refractivity contribution in [3.05, 3.63) is 41.3 Å². The van der Waals surface area contributed by atoms with E-state index in [0.717, 1.165) is 5.56 Å². The summed E-state index contributed by atoms with van der Waals surface area (Å²) < 4.78 is 0. The largest absolute Gasteiger partial charge is 0.381 e. The van der Waals surface area contributed by atoms with Crippen LogP contribution in [-0.4, -0.2) is 27.8 Å². The zero-order valence-corrected chi connectivity index (χ0v) is 12.8. The maximum atomic E-state index is 11.8. The Morgan fingerprint density at radius 3 is 2.91 bits per heavy atom. The fourth-order valence-corrected chi connectivity index (χ4v) is 2.15. The van der Waals surface area contributed by atoms with Gasteiger partial charge in [0.2, 0.25) is 0 Å². The van der Waals surface area contributed by atoms with Gasteiger partial charge in [0.1, 0.15) is 11.6 Å². The van der Waals surface area contributed by atoms with Crippen molar-refractivity contribution in [1.82, 2.24) is 25.8 Å². The maximum absolute atomic E-state index is 11.8. The molecule has 0 aliphatic rings. The third-order valence-electron chi connectivity index (χ3n) is 3.42.